The number of nitrogens with zero attached hydrogens (tertiary/aromatic N) is 1. The molecule has 0 saturated carbocycles. The van der Waals surface area contributed by atoms with Crippen molar-refractivity contribution in [3.8, 4) is 0 Å². The van der Waals surface area contributed by atoms with Gasteiger partial charge in [-0.15, -0.1) is 0 Å². The van der Waals surface area contributed by atoms with E-state index in [-0.39, 0.29) is 27.5 Å². The lowest BCUT2D eigenvalue weighted by Gasteiger charge is -2.30. The van der Waals surface area contributed by atoms with Gasteiger partial charge in [0.05, 0.1) is 23.0 Å². The lowest BCUT2D eigenvalue weighted by molar-refractivity contribution is -0.0263. The van der Waals surface area contributed by atoms with E-state index in [1.54, 1.807) is 12.1 Å². The molecule has 0 bridgehead atoms. The minimum absolute atomic E-state index is 0.0105. The van der Waals surface area contributed by atoms with E-state index >= 15 is 0 Å². The van der Waals surface area contributed by atoms with Gasteiger partial charge in [-0.05, 0) is 18.6 Å². The summed E-state index contributed by atoms with van der Waals surface area (Å²) in [5.41, 5.74) is 0.341. The molecule has 3 rings (SSSR count). The second-order valence-electron chi connectivity index (χ2n) is 7.21. The Labute approximate surface area is 152 Å². The zero-order valence-corrected chi connectivity index (χ0v) is 16.3. The zero-order chi connectivity index (χ0) is 18.4. The van der Waals surface area contributed by atoms with Gasteiger partial charge >= 0.3 is 0 Å². The topological polar surface area (TPSA) is 78.6 Å². The first-order chi connectivity index (χ1) is 11.7. The van der Waals surface area contributed by atoms with Crippen LogP contribution in [0.1, 0.15) is 33.1 Å². The van der Waals surface area contributed by atoms with Gasteiger partial charge in [-0.25, -0.2) is 13.4 Å². The fourth-order valence-electron chi connectivity index (χ4n) is 2.95. The molecule has 8 heteroatoms. The van der Waals surface area contributed by atoms with Crippen LogP contribution >= 0.6 is 11.6 Å². The van der Waals surface area contributed by atoms with Gasteiger partial charge < -0.3 is 13.9 Å². The Kier molecular flexibility index (Phi) is 4.87. The smallest absolute Gasteiger partial charge is 0.200 e. The van der Waals surface area contributed by atoms with Crippen molar-refractivity contribution in [3.63, 3.8) is 0 Å². The Balaban J connectivity index is 2.19. The van der Waals surface area contributed by atoms with Crippen LogP contribution in [-0.4, -0.2) is 45.1 Å². The third kappa shape index (κ3) is 3.30. The largest absolute Gasteiger partial charge is 0.439 e. The standard InChI is InChI=1S/C17H22ClNO5S/c1-17(2,3)16-19-11-6-5-10(18)15(14(11)24-16)25(20,21)13-7-8-23-9-12(13)22-4/h5-6,12-13H,7-9H2,1-4H3/t12-,13+/m1/s1. The SMILES string of the molecule is CO[C@@H]1COCC[C@@H]1S(=O)(=O)c1c(Cl)ccc2nc(C(C)(C)C)oc12. The molecule has 2 aromatic rings. The van der Waals surface area contributed by atoms with E-state index in [2.05, 4.69) is 4.98 Å². The number of hydrogen-bond acceptors (Lipinski definition) is 6. The Hall–Kier alpha value is -1.15. The van der Waals surface area contributed by atoms with Crippen LogP contribution in [-0.2, 0) is 24.7 Å². The number of aromatic nitrogens is 1. The van der Waals surface area contributed by atoms with Gasteiger partial charge in [0.2, 0.25) is 5.89 Å². The van der Waals surface area contributed by atoms with Crippen LogP contribution in [0.4, 0.5) is 0 Å². The summed E-state index contributed by atoms with van der Waals surface area (Å²) in [6, 6.07) is 3.22. The maximum Gasteiger partial charge on any atom is 0.200 e. The first-order valence-corrected chi connectivity index (χ1v) is 10.0. The lowest BCUT2D eigenvalue weighted by atomic mass is 9.97. The fraction of sp³-hybridized carbons (Fsp3) is 0.588. The average molecular weight is 388 g/mol. The zero-order valence-electron chi connectivity index (χ0n) is 14.7. The molecule has 2 heterocycles. The number of sulfone groups is 1. The normalized spacial score (nSPS) is 22.4. The van der Waals surface area contributed by atoms with E-state index in [0.717, 1.165) is 0 Å². The molecule has 25 heavy (non-hydrogen) atoms. The van der Waals surface area contributed by atoms with E-state index in [4.69, 9.17) is 25.5 Å². The second-order valence-corrected chi connectivity index (χ2v) is 9.73. The molecule has 1 aromatic heterocycles. The molecule has 0 amide bonds. The number of halogens is 1. The van der Waals surface area contributed by atoms with Crippen molar-refractivity contribution in [1.29, 1.82) is 0 Å². The number of ether oxygens (including phenoxy) is 2. The number of methoxy groups -OCH3 is 1. The molecule has 1 saturated heterocycles. The van der Waals surface area contributed by atoms with Gasteiger partial charge in [-0.2, -0.15) is 0 Å². The molecular formula is C17H22ClNO5S. The Morgan fingerprint density at radius 3 is 2.68 bits per heavy atom. The van der Waals surface area contributed by atoms with E-state index in [1.807, 2.05) is 20.8 Å². The first kappa shape index (κ1) is 18.6. The minimum Gasteiger partial charge on any atom is -0.439 e. The number of rotatable bonds is 3. The number of oxazole rings is 1. The Bertz CT molecular complexity index is 884. The van der Waals surface area contributed by atoms with Gasteiger partial charge in [0.15, 0.2) is 15.4 Å². The molecule has 0 N–H and O–H groups in total. The molecule has 0 spiro atoms. The van der Waals surface area contributed by atoms with Crippen LogP contribution in [0.25, 0.3) is 11.1 Å². The van der Waals surface area contributed by atoms with Crippen molar-refractivity contribution in [2.75, 3.05) is 20.3 Å². The van der Waals surface area contributed by atoms with Crippen LogP contribution < -0.4 is 0 Å². The molecule has 0 aliphatic carbocycles. The lowest BCUT2D eigenvalue weighted by Crippen LogP contribution is -2.43. The summed E-state index contributed by atoms with van der Waals surface area (Å²) in [5, 5.41) is -0.608. The molecule has 1 aliphatic rings. The summed E-state index contributed by atoms with van der Waals surface area (Å²) in [6.45, 7) is 6.45. The molecule has 138 valence electrons. The van der Waals surface area contributed by atoms with Gasteiger partial charge in [-0.3, -0.25) is 0 Å². The van der Waals surface area contributed by atoms with Crippen LogP contribution in [0.15, 0.2) is 21.4 Å². The summed E-state index contributed by atoms with van der Waals surface area (Å²) in [4.78, 5) is 4.43. The highest BCUT2D eigenvalue weighted by atomic mass is 35.5. The van der Waals surface area contributed by atoms with E-state index < -0.39 is 21.2 Å². The van der Waals surface area contributed by atoms with Gasteiger partial charge in [0.25, 0.3) is 0 Å². The van der Waals surface area contributed by atoms with E-state index in [9.17, 15) is 8.42 Å². The first-order valence-electron chi connectivity index (χ1n) is 8.10. The van der Waals surface area contributed by atoms with Crippen LogP contribution in [0.2, 0.25) is 5.02 Å². The fourth-order valence-corrected chi connectivity index (χ4v) is 5.46. The summed E-state index contributed by atoms with van der Waals surface area (Å²) in [5.74, 6) is 0.469. The molecule has 1 aliphatic heterocycles. The van der Waals surface area contributed by atoms with Crippen LogP contribution in [0.5, 0.6) is 0 Å². The molecule has 0 unspecified atom stereocenters. The van der Waals surface area contributed by atoms with Gasteiger partial charge in [0, 0.05) is 19.1 Å². The van der Waals surface area contributed by atoms with Crippen LogP contribution in [0, 0.1) is 0 Å². The summed E-state index contributed by atoms with van der Waals surface area (Å²) in [6.07, 6.45) is -0.205. The molecular weight excluding hydrogens is 366 g/mol. The van der Waals surface area contributed by atoms with Crippen molar-refractivity contribution in [3.05, 3.63) is 23.0 Å². The quantitative estimate of drug-likeness (QED) is 0.803. The van der Waals surface area contributed by atoms with Crippen molar-refractivity contribution in [2.24, 2.45) is 0 Å². The second kappa shape index (κ2) is 6.54. The third-order valence-corrected chi connectivity index (χ3v) is 7.07. The summed E-state index contributed by atoms with van der Waals surface area (Å²) >= 11 is 6.28. The van der Waals surface area contributed by atoms with Gasteiger partial charge in [-0.1, -0.05) is 32.4 Å². The molecule has 1 fully saturated rings. The molecule has 1 aromatic carbocycles. The number of hydrogen-bond donors (Lipinski definition) is 0. The van der Waals surface area contributed by atoms with Crippen molar-refractivity contribution >= 4 is 32.5 Å². The predicted octanol–water partition coefficient (Wildman–Crippen LogP) is 3.36. The Morgan fingerprint density at radius 2 is 2.04 bits per heavy atom. The summed E-state index contributed by atoms with van der Waals surface area (Å²) < 4.78 is 43.2. The van der Waals surface area contributed by atoms with Crippen molar-refractivity contribution in [2.45, 2.75) is 48.9 Å². The number of fused-ring (bicyclic) bond motifs is 1. The predicted molar refractivity (Wildman–Crippen MR) is 94.9 cm³/mol. The highest BCUT2D eigenvalue weighted by Gasteiger charge is 2.40. The summed E-state index contributed by atoms with van der Waals surface area (Å²) in [7, 11) is -2.30. The molecule has 2 atom stereocenters. The maximum atomic E-state index is 13.3. The Morgan fingerprint density at radius 1 is 1.32 bits per heavy atom. The van der Waals surface area contributed by atoms with E-state index in [1.165, 1.54) is 7.11 Å². The third-order valence-electron chi connectivity index (χ3n) is 4.33. The average Bonchev–Trinajstić information content (AvgIpc) is 2.98. The molecule has 6 nitrogen and oxygen atoms in total. The molecule has 0 radical (unpaired) electrons. The van der Waals surface area contributed by atoms with Crippen molar-refractivity contribution < 1.29 is 22.3 Å². The minimum atomic E-state index is -3.78. The van der Waals surface area contributed by atoms with E-state index in [0.29, 0.717) is 24.4 Å². The highest BCUT2D eigenvalue weighted by molar-refractivity contribution is 7.92. The van der Waals surface area contributed by atoms with Crippen molar-refractivity contribution in [1.82, 2.24) is 4.98 Å². The monoisotopic (exact) mass is 387 g/mol. The van der Waals surface area contributed by atoms with Gasteiger partial charge in [0.1, 0.15) is 10.4 Å². The number of benzene rings is 1. The maximum absolute atomic E-state index is 13.3. The van der Waals surface area contributed by atoms with Crippen LogP contribution in [0.3, 0.4) is 0 Å². The highest BCUT2D eigenvalue weighted by Crippen LogP contribution is 2.37.